The lowest BCUT2D eigenvalue weighted by molar-refractivity contribution is 0.0994. The van der Waals surface area contributed by atoms with E-state index < -0.39 is 0 Å². The van der Waals surface area contributed by atoms with Gasteiger partial charge in [0.1, 0.15) is 0 Å². The lowest BCUT2D eigenvalue weighted by Gasteiger charge is -1.99. The summed E-state index contributed by atoms with van der Waals surface area (Å²) in [5.74, 6) is 0.145. The molecule has 0 atom stereocenters. The van der Waals surface area contributed by atoms with Crippen LogP contribution in [-0.4, -0.2) is 15.6 Å². The summed E-state index contributed by atoms with van der Waals surface area (Å²) in [6, 6.07) is 3.87. The molecule has 0 fully saturated rings. The van der Waals surface area contributed by atoms with Crippen molar-refractivity contribution in [1.29, 1.82) is 0 Å². The van der Waals surface area contributed by atoms with E-state index in [1.54, 1.807) is 4.68 Å². The molecule has 90 valence electrons. The molecule has 2 aromatic heterocycles. The number of nitrogens with zero attached hydrogens (tertiary/aromatic N) is 2. The van der Waals surface area contributed by atoms with Crippen molar-refractivity contribution in [3.63, 3.8) is 0 Å². The van der Waals surface area contributed by atoms with Crippen molar-refractivity contribution >= 4 is 33.0 Å². The first kappa shape index (κ1) is 12.5. The lowest BCUT2D eigenvalue weighted by Crippen LogP contribution is -2.06. The Bertz CT molecular complexity index is 544. The largest absolute Gasteiger partial charge is 0.293 e. The van der Waals surface area contributed by atoms with E-state index in [2.05, 4.69) is 28.0 Å². The van der Waals surface area contributed by atoms with Gasteiger partial charge in [-0.2, -0.15) is 5.10 Å². The molecule has 3 nitrogen and oxygen atoms in total. The molecule has 5 heteroatoms. The molecule has 0 aromatic carbocycles. The van der Waals surface area contributed by atoms with Crippen molar-refractivity contribution in [3.05, 3.63) is 38.3 Å². The monoisotopic (exact) mass is 312 g/mol. The van der Waals surface area contributed by atoms with Crippen molar-refractivity contribution in [2.24, 2.45) is 7.05 Å². The predicted octanol–water partition coefficient (Wildman–Crippen LogP) is 3.23. The first-order chi connectivity index (χ1) is 8.10. The molecule has 2 heterocycles. The van der Waals surface area contributed by atoms with Gasteiger partial charge in [0.25, 0.3) is 0 Å². The van der Waals surface area contributed by atoms with Crippen LogP contribution in [0, 0.1) is 0 Å². The maximum absolute atomic E-state index is 12.0. The molecule has 0 saturated heterocycles. The number of halogens is 1. The van der Waals surface area contributed by atoms with Crippen molar-refractivity contribution in [2.45, 2.75) is 19.8 Å². The number of rotatable bonds is 4. The number of carbonyl (C=O) groups excluding carboxylic acids is 1. The van der Waals surface area contributed by atoms with E-state index >= 15 is 0 Å². The molecule has 0 bridgehead atoms. The fourth-order valence-corrected chi connectivity index (χ4v) is 2.99. The van der Waals surface area contributed by atoms with Gasteiger partial charge in [0, 0.05) is 22.6 Å². The zero-order chi connectivity index (χ0) is 12.4. The maximum Gasteiger partial charge on any atom is 0.178 e. The number of thiophene rings is 1. The third-order valence-corrected chi connectivity index (χ3v) is 4.31. The second-order valence-corrected chi connectivity index (χ2v) is 5.66. The summed E-state index contributed by atoms with van der Waals surface area (Å²) in [6.07, 6.45) is 1.31. The summed E-state index contributed by atoms with van der Waals surface area (Å²) in [4.78, 5) is 12.8. The van der Waals surface area contributed by atoms with Crippen LogP contribution >= 0.6 is 27.3 Å². The van der Waals surface area contributed by atoms with E-state index in [0.29, 0.717) is 6.42 Å². The second kappa shape index (κ2) is 5.14. The van der Waals surface area contributed by atoms with Crippen molar-refractivity contribution in [1.82, 2.24) is 9.78 Å². The van der Waals surface area contributed by atoms with E-state index in [1.807, 2.05) is 24.6 Å². The summed E-state index contributed by atoms with van der Waals surface area (Å²) in [6.45, 7) is 2.06. The van der Waals surface area contributed by atoms with E-state index in [1.165, 1.54) is 11.3 Å². The topological polar surface area (TPSA) is 34.9 Å². The van der Waals surface area contributed by atoms with Gasteiger partial charge in [-0.15, -0.1) is 11.3 Å². The molecule has 0 aliphatic heterocycles. The van der Waals surface area contributed by atoms with Crippen LogP contribution in [0.3, 0.4) is 0 Å². The van der Waals surface area contributed by atoms with Crippen LogP contribution in [0.1, 0.15) is 28.0 Å². The van der Waals surface area contributed by atoms with Crippen LogP contribution in [0.2, 0.25) is 0 Å². The first-order valence-corrected chi connectivity index (χ1v) is 7.06. The summed E-state index contributed by atoms with van der Waals surface area (Å²) in [7, 11) is 1.88. The second-order valence-electron chi connectivity index (χ2n) is 3.83. The van der Waals surface area contributed by atoms with Crippen LogP contribution in [0.25, 0.3) is 0 Å². The van der Waals surface area contributed by atoms with Gasteiger partial charge in [-0.05, 0) is 34.5 Å². The molecule has 0 saturated carbocycles. The zero-order valence-corrected chi connectivity index (χ0v) is 12.1. The van der Waals surface area contributed by atoms with Gasteiger partial charge in [-0.25, -0.2) is 0 Å². The quantitative estimate of drug-likeness (QED) is 0.812. The van der Waals surface area contributed by atoms with E-state index in [-0.39, 0.29) is 5.78 Å². The summed E-state index contributed by atoms with van der Waals surface area (Å²) < 4.78 is 2.75. The smallest absolute Gasteiger partial charge is 0.178 e. The summed E-state index contributed by atoms with van der Waals surface area (Å²) >= 11 is 4.83. The van der Waals surface area contributed by atoms with Crippen molar-refractivity contribution in [3.8, 4) is 0 Å². The molecular weight excluding hydrogens is 300 g/mol. The Kier molecular flexibility index (Phi) is 3.79. The molecule has 0 N–H and O–H groups in total. The van der Waals surface area contributed by atoms with E-state index in [0.717, 1.165) is 27.2 Å². The molecule has 0 amide bonds. The first-order valence-electron chi connectivity index (χ1n) is 5.39. The molecule has 2 rings (SSSR count). The SMILES string of the molecule is CCc1cc(CC(=O)c2cc(Br)cs2)n(C)n1. The zero-order valence-electron chi connectivity index (χ0n) is 9.74. The number of hydrogen-bond donors (Lipinski definition) is 0. The third-order valence-electron chi connectivity index (χ3n) is 2.57. The van der Waals surface area contributed by atoms with Gasteiger partial charge in [0.2, 0.25) is 0 Å². The van der Waals surface area contributed by atoms with Gasteiger partial charge in [-0.3, -0.25) is 9.48 Å². The Balaban J connectivity index is 2.15. The van der Waals surface area contributed by atoms with Crippen molar-refractivity contribution in [2.75, 3.05) is 0 Å². The summed E-state index contributed by atoms with van der Waals surface area (Å²) in [5, 5.41) is 6.26. The molecular formula is C12H13BrN2OS. The minimum absolute atomic E-state index is 0.145. The average Bonchev–Trinajstić information content (AvgIpc) is 2.86. The van der Waals surface area contributed by atoms with Gasteiger partial charge in [-0.1, -0.05) is 6.92 Å². The molecule has 17 heavy (non-hydrogen) atoms. The van der Waals surface area contributed by atoms with Crippen LogP contribution in [0.4, 0.5) is 0 Å². The molecule has 0 aliphatic carbocycles. The van der Waals surface area contributed by atoms with Gasteiger partial charge in [0.05, 0.1) is 17.0 Å². The summed E-state index contributed by atoms with van der Waals surface area (Å²) in [5.41, 5.74) is 2.00. The molecule has 0 unspecified atom stereocenters. The molecule has 0 aliphatic rings. The number of hydrogen-bond acceptors (Lipinski definition) is 3. The predicted molar refractivity (Wildman–Crippen MR) is 72.6 cm³/mol. The standard InChI is InChI=1S/C12H13BrN2OS/c1-3-9-5-10(15(2)14-9)6-11(16)12-4-8(13)7-17-12/h4-5,7H,3,6H2,1-2H3. The Morgan fingerprint density at radius 3 is 2.82 bits per heavy atom. The number of ketones is 1. The fraction of sp³-hybridized carbons (Fsp3) is 0.333. The minimum Gasteiger partial charge on any atom is -0.293 e. The van der Waals surface area contributed by atoms with Crippen LogP contribution in [-0.2, 0) is 19.9 Å². The Morgan fingerprint density at radius 2 is 2.29 bits per heavy atom. The lowest BCUT2D eigenvalue weighted by atomic mass is 10.2. The van der Waals surface area contributed by atoms with Crippen LogP contribution < -0.4 is 0 Å². The highest BCUT2D eigenvalue weighted by molar-refractivity contribution is 9.10. The molecule has 0 radical (unpaired) electrons. The van der Waals surface area contributed by atoms with E-state index in [4.69, 9.17) is 0 Å². The normalized spacial score (nSPS) is 10.8. The highest BCUT2D eigenvalue weighted by atomic mass is 79.9. The third kappa shape index (κ3) is 2.84. The number of carbonyl (C=O) groups is 1. The minimum atomic E-state index is 0.145. The van der Waals surface area contributed by atoms with Crippen LogP contribution in [0.5, 0.6) is 0 Å². The highest BCUT2D eigenvalue weighted by Crippen LogP contribution is 2.21. The Labute approximate surface area is 113 Å². The number of aryl methyl sites for hydroxylation is 2. The molecule has 0 spiro atoms. The van der Waals surface area contributed by atoms with Gasteiger partial charge in [0.15, 0.2) is 5.78 Å². The Hall–Kier alpha value is -0.940. The number of Topliss-reactive ketones (excluding diaryl/α,β-unsaturated/α-hetero) is 1. The maximum atomic E-state index is 12.0. The fourth-order valence-electron chi connectivity index (χ4n) is 1.62. The molecule has 2 aromatic rings. The highest BCUT2D eigenvalue weighted by Gasteiger charge is 2.13. The van der Waals surface area contributed by atoms with E-state index in [9.17, 15) is 4.79 Å². The van der Waals surface area contributed by atoms with Gasteiger partial charge < -0.3 is 0 Å². The average molecular weight is 313 g/mol. The Morgan fingerprint density at radius 1 is 1.53 bits per heavy atom. The number of aromatic nitrogens is 2. The van der Waals surface area contributed by atoms with Gasteiger partial charge >= 0.3 is 0 Å². The van der Waals surface area contributed by atoms with Crippen molar-refractivity contribution < 1.29 is 4.79 Å². The van der Waals surface area contributed by atoms with Crippen LogP contribution in [0.15, 0.2) is 22.0 Å².